The van der Waals surface area contributed by atoms with Crippen LogP contribution in [0.1, 0.15) is 51.8 Å². The number of likely N-dealkylation sites (tertiary alicyclic amines) is 1. The molecule has 1 heterocycles. The zero-order valence-corrected chi connectivity index (χ0v) is 24.2. The maximum atomic E-state index is 14.5. The summed E-state index contributed by atoms with van der Waals surface area (Å²) in [5.41, 5.74) is 2.40. The minimum absolute atomic E-state index is 0.0989. The molecule has 8 heteroatoms. The van der Waals surface area contributed by atoms with E-state index in [1.54, 1.807) is 72.7 Å². The SMILES string of the molecule is COc1ccc(C2C(C(=O)c3ccccc3)C(c3ccc(F)cc3)C(C(=O)NCc3ccc(F)cc3)N2C(=O)C2CC2)cc1. The van der Waals surface area contributed by atoms with E-state index in [1.807, 2.05) is 18.2 Å². The molecule has 0 bridgehead atoms. The topological polar surface area (TPSA) is 75.7 Å². The van der Waals surface area contributed by atoms with Gasteiger partial charge in [-0.15, -0.1) is 0 Å². The van der Waals surface area contributed by atoms with E-state index < -0.39 is 41.5 Å². The van der Waals surface area contributed by atoms with E-state index in [-0.39, 0.29) is 24.2 Å². The fourth-order valence-electron chi connectivity index (χ4n) is 6.26. The Morgan fingerprint density at radius 1 is 0.795 bits per heavy atom. The Kier molecular flexibility index (Phi) is 8.24. The number of hydrogen-bond acceptors (Lipinski definition) is 4. The minimum Gasteiger partial charge on any atom is -0.497 e. The van der Waals surface area contributed by atoms with Crippen molar-refractivity contribution >= 4 is 17.6 Å². The Morgan fingerprint density at radius 2 is 1.39 bits per heavy atom. The van der Waals surface area contributed by atoms with Crippen molar-refractivity contribution in [2.24, 2.45) is 11.8 Å². The fourth-order valence-corrected chi connectivity index (χ4v) is 6.26. The number of nitrogens with one attached hydrogen (secondary N) is 1. The average Bonchev–Trinajstić information content (AvgIpc) is 3.85. The van der Waals surface area contributed by atoms with Gasteiger partial charge in [-0.25, -0.2) is 8.78 Å². The first-order valence-corrected chi connectivity index (χ1v) is 14.7. The van der Waals surface area contributed by atoms with Gasteiger partial charge in [0, 0.05) is 23.9 Å². The number of halogens is 2. The number of nitrogens with zero attached hydrogens (tertiary/aromatic N) is 1. The van der Waals surface area contributed by atoms with Crippen molar-refractivity contribution in [1.29, 1.82) is 0 Å². The van der Waals surface area contributed by atoms with Crippen LogP contribution in [-0.2, 0) is 16.1 Å². The van der Waals surface area contributed by atoms with Crippen molar-refractivity contribution in [2.45, 2.75) is 37.4 Å². The van der Waals surface area contributed by atoms with Gasteiger partial charge in [0.2, 0.25) is 11.8 Å². The molecule has 1 aliphatic carbocycles. The summed E-state index contributed by atoms with van der Waals surface area (Å²) in [5, 5.41) is 2.94. The Hall–Kier alpha value is -4.85. The van der Waals surface area contributed by atoms with Crippen LogP contribution < -0.4 is 10.1 Å². The molecule has 1 N–H and O–H groups in total. The minimum atomic E-state index is -1.07. The van der Waals surface area contributed by atoms with E-state index in [0.717, 1.165) is 0 Å². The largest absolute Gasteiger partial charge is 0.497 e. The van der Waals surface area contributed by atoms with Gasteiger partial charge in [0.25, 0.3) is 0 Å². The average molecular weight is 595 g/mol. The summed E-state index contributed by atoms with van der Waals surface area (Å²) in [6.45, 7) is 0.0989. The van der Waals surface area contributed by atoms with Gasteiger partial charge in [-0.1, -0.05) is 66.7 Å². The number of hydrogen-bond donors (Lipinski definition) is 1. The lowest BCUT2D eigenvalue weighted by Crippen LogP contribution is -2.49. The third-order valence-electron chi connectivity index (χ3n) is 8.57. The molecule has 2 fully saturated rings. The van der Waals surface area contributed by atoms with Gasteiger partial charge in [0.15, 0.2) is 5.78 Å². The number of amides is 2. The van der Waals surface area contributed by atoms with Crippen molar-refractivity contribution < 1.29 is 27.9 Å². The van der Waals surface area contributed by atoms with Crippen molar-refractivity contribution in [3.8, 4) is 5.75 Å². The second kappa shape index (κ2) is 12.4. The van der Waals surface area contributed by atoms with Crippen LogP contribution >= 0.6 is 0 Å². The van der Waals surface area contributed by atoms with Crippen LogP contribution in [-0.4, -0.2) is 35.6 Å². The summed E-state index contributed by atoms with van der Waals surface area (Å²) in [6.07, 6.45) is 1.40. The predicted molar refractivity (Wildman–Crippen MR) is 161 cm³/mol. The fraction of sp³-hybridized carbons (Fsp3) is 0.250. The van der Waals surface area contributed by atoms with Crippen LogP contribution in [0.2, 0.25) is 0 Å². The van der Waals surface area contributed by atoms with E-state index in [1.165, 1.54) is 24.3 Å². The smallest absolute Gasteiger partial charge is 0.243 e. The molecule has 1 aliphatic heterocycles. The summed E-state index contributed by atoms with van der Waals surface area (Å²) < 4.78 is 33.1. The van der Waals surface area contributed by atoms with Crippen LogP contribution in [0.3, 0.4) is 0 Å². The van der Waals surface area contributed by atoms with Gasteiger partial charge in [-0.05, 0) is 65.9 Å². The summed E-state index contributed by atoms with van der Waals surface area (Å²) in [7, 11) is 1.56. The molecule has 6 nitrogen and oxygen atoms in total. The number of ketones is 1. The third kappa shape index (κ3) is 5.84. The van der Waals surface area contributed by atoms with E-state index in [4.69, 9.17) is 4.74 Å². The maximum Gasteiger partial charge on any atom is 0.243 e. The maximum absolute atomic E-state index is 14.5. The van der Waals surface area contributed by atoms with E-state index >= 15 is 0 Å². The summed E-state index contributed by atoms with van der Waals surface area (Å²) >= 11 is 0. The van der Waals surface area contributed by atoms with Crippen LogP contribution in [0.5, 0.6) is 5.75 Å². The molecule has 0 aromatic heterocycles. The molecule has 44 heavy (non-hydrogen) atoms. The molecule has 4 unspecified atom stereocenters. The normalized spacial score (nSPS) is 21.1. The molecule has 0 spiro atoms. The summed E-state index contributed by atoms with van der Waals surface area (Å²) in [4.78, 5) is 44.6. The molecule has 224 valence electrons. The van der Waals surface area contributed by atoms with Gasteiger partial charge in [-0.3, -0.25) is 14.4 Å². The molecular weight excluding hydrogens is 562 g/mol. The Balaban J connectivity index is 1.51. The van der Waals surface area contributed by atoms with Crippen LogP contribution in [0.15, 0.2) is 103 Å². The van der Waals surface area contributed by atoms with E-state index in [0.29, 0.717) is 40.8 Å². The number of methoxy groups -OCH3 is 1. The molecule has 1 saturated carbocycles. The molecule has 1 saturated heterocycles. The Bertz CT molecular complexity index is 1640. The van der Waals surface area contributed by atoms with Crippen molar-refractivity contribution in [2.75, 3.05) is 7.11 Å². The molecule has 4 atom stereocenters. The lowest BCUT2D eigenvalue weighted by atomic mass is 9.76. The number of rotatable bonds is 9. The molecule has 4 aromatic carbocycles. The highest BCUT2D eigenvalue weighted by Gasteiger charge is 2.58. The monoisotopic (exact) mass is 594 g/mol. The highest BCUT2D eigenvalue weighted by atomic mass is 19.1. The standard InChI is InChI=1S/C36H32F2N2O4/c1-44-29-19-13-24(14-20-29)32-31(34(41)25-5-3-2-4-6-25)30(23-11-17-28(38)18-12-23)33(40(32)36(43)26-9-10-26)35(42)39-21-22-7-15-27(37)16-8-22/h2-8,11-20,26,30-33H,9-10,21H2,1H3,(H,39,42). The number of Topliss-reactive ketones (excluding diaryl/α,β-unsaturated/α-hetero) is 1. The van der Waals surface area contributed by atoms with Gasteiger partial charge in [-0.2, -0.15) is 0 Å². The predicted octanol–water partition coefficient (Wildman–Crippen LogP) is 6.23. The van der Waals surface area contributed by atoms with E-state index in [9.17, 15) is 23.2 Å². The van der Waals surface area contributed by atoms with Crippen LogP contribution in [0.4, 0.5) is 8.78 Å². The number of ether oxygens (including phenoxy) is 1. The number of carbonyl (C=O) groups excluding carboxylic acids is 3. The highest BCUT2D eigenvalue weighted by Crippen LogP contribution is 2.53. The van der Waals surface area contributed by atoms with Gasteiger partial charge < -0.3 is 15.0 Å². The Labute approximate surface area is 254 Å². The van der Waals surface area contributed by atoms with Crippen LogP contribution in [0, 0.1) is 23.5 Å². The van der Waals surface area contributed by atoms with Crippen molar-refractivity contribution in [3.05, 3.63) is 137 Å². The number of benzene rings is 4. The molecule has 4 aromatic rings. The van der Waals surface area contributed by atoms with E-state index in [2.05, 4.69) is 5.32 Å². The lowest BCUT2D eigenvalue weighted by molar-refractivity contribution is -0.142. The molecule has 0 radical (unpaired) electrons. The first kappa shape index (κ1) is 29.2. The highest BCUT2D eigenvalue weighted by molar-refractivity contribution is 6.02. The second-order valence-corrected chi connectivity index (χ2v) is 11.4. The molecule has 2 amide bonds. The Morgan fingerprint density at radius 3 is 1.98 bits per heavy atom. The summed E-state index contributed by atoms with van der Waals surface area (Å²) in [5.74, 6) is -2.98. The second-order valence-electron chi connectivity index (χ2n) is 11.4. The third-order valence-corrected chi connectivity index (χ3v) is 8.57. The first-order chi connectivity index (χ1) is 21.4. The van der Waals surface area contributed by atoms with Crippen molar-refractivity contribution in [3.63, 3.8) is 0 Å². The van der Waals surface area contributed by atoms with Gasteiger partial charge >= 0.3 is 0 Å². The van der Waals surface area contributed by atoms with Gasteiger partial charge in [0.05, 0.1) is 19.1 Å². The van der Waals surface area contributed by atoms with Gasteiger partial charge in [0.1, 0.15) is 23.4 Å². The molecular formula is C36H32F2N2O4. The molecule has 2 aliphatic rings. The lowest BCUT2D eigenvalue weighted by Gasteiger charge is -2.32. The zero-order chi connectivity index (χ0) is 30.8. The van der Waals surface area contributed by atoms with Crippen LogP contribution in [0.25, 0.3) is 0 Å². The summed E-state index contributed by atoms with van der Waals surface area (Å²) in [6, 6.07) is 25.7. The molecule has 6 rings (SSSR count). The number of carbonyl (C=O) groups is 3. The quantitative estimate of drug-likeness (QED) is 0.233. The zero-order valence-electron chi connectivity index (χ0n) is 24.2. The first-order valence-electron chi connectivity index (χ1n) is 14.7. The van der Waals surface area contributed by atoms with Crippen molar-refractivity contribution in [1.82, 2.24) is 10.2 Å².